The van der Waals surface area contributed by atoms with Gasteiger partial charge in [0.25, 0.3) is 0 Å². The van der Waals surface area contributed by atoms with Crippen LogP contribution in [-0.2, 0) is 4.74 Å². The van der Waals surface area contributed by atoms with E-state index >= 15 is 0 Å². The van der Waals surface area contributed by atoms with Crippen molar-refractivity contribution in [3.8, 4) is 0 Å². The molecule has 0 heterocycles. The first kappa shape index (κ1) is 13.3. The number of nitrogens with one attached hydrogen (secondary N) is 1. The SMILES string of the molecule is CC(C)(C)OC(=O)NC1CC[C@H](O)[C@H](O)C1. The Kier molecular flexibility index (Phi) is 4.15. The minimum Gasteiger partial charge on any atom is -0.444 e. The Labute approximate surface area is 95.8 Å². The van der Waals surface area contributed by atoms with Gasteiger partial charge < -0.3 is 20.3 Å². The van der Waals surface area contributed by atoms with Crippen molar-refractivity contribution >= 4 is 6.09 Å². The van der Waals surface area contributed by atoms with Crippen molar-refractivity contribution < 1.29 is 19.7 Å². The lowest BCUT2D eigenvalue weighted by Gasteiger charge is -2.31. The smallest absolute Gasteiger partial charge is 0.407 e. The molecule has 0 spiro atoms. The van der Waals surface area contributed by atoms with Gasteiger partial charge in [0.2, 0.25) is 0 Å². The quantitative estimate of drug-likeness (QED) is 0.623. The second-order valence-electron chi connectivity index (χ2n) is 5.29. The van der Waals surface area contributed by atoms with E-state index in [0.29, 0.717) is 19.3 Å². The van der Waals surface area contributed by atoms with Crippen LogP contribution in [0.2, 0.25) is 0 Å². The molecule has 1 aliphatic rings. The maximum atomic E-state index is 11.4. The number of aliphatic hydroxyl groups is 2. The van der Waals surface area contributed by atoms with Crippen LogP contribution >= 0.6 is 0 Å². The highest BCUT2D eigenvalue weighted by Gasteiger charge is 2.29. The van der Waals surface area contributed by atoms with Gasteiger partial charge in [-0.3, -0.25) is 0 Å². The third-order valence-electron chi connectivity index (χ3n) is 2.50. The highest BCUT2D eigenvalue weighted by molar-refractivity contribution is 5.68. The van der Waals surface area contributed by atoms with Crippen molar-refractivity contribution in [3.05, 3.63) is 0 Å². The molecule has 5 nitrogen and oxygen atoms in total. The summed E-state index contributed by atoms with van der Waals surface area (Å²) in [6.45, 7) is 5.39. The Balaban J connectivity index is 2.35. The lowest BCUT2D eigenvalue weighted by atomic mass is 9.91. The Hall–Kier alpha value is -0.810. The Morgan fingerprint density at radius 3 is 2.38 bits per heavy atom. The summed E-state index contributed by atoms with van der Waals surface area (Å²) in [7, 11) is 0. The molecule has 0 saturated heterocycles. The highest BCUT2D eigenvalue weighted by Crippen LogP contribution is 2.19. The monoisotopic (exact) mass is 231 g/mol. The van der Waals surface area contributed by atoms with Crippen molar-refractivity contribution in [2.24, 2.45) is 0 Å². The molecule has 0 bridgehead atoms. The fourth-order valence-electron chi connectivity index (χ4n) is 1.74. The summed E-state index contributed by atoms with van der Waals surface area (Å²) in [5.41, 5.74) is -0.517. The number of alkyl carbamates (subject to hydrolysis) is 1. The molecular formula is C11H21NO4. The summed E-state index contributed by atoms with van der Waals surface area (Å²) in [5.74, 6) is 0. The standard InChI is InChI=1S/C11H21NO4/c1-11(2,3)16-10(15)12-7-4-5-8(13)9(14)6-7/h7-9,13-14H,4-6H2,1-3H3,(H,12,15)/t7?,8-,9+/m0/s1. The van der Waals surface area contributed by atoms with Crippen molar-refractivity contribution in [1.29, 1.82) is 0 Å². The van der Waals surface area contributed by atoms with Gasteiger partial charge in [-0.25, -0.2) is 4.79 Å². The molecular weight excluding hydrogens is 210 g/mol. The number of amides is 1. The van der Waals surface area contributed by atoms with E-state index in [1.54, 1.807) is 20.8 Å². The van der Waals surface area contributed by atoms with Gasteiger partial charge in [-0.05, 0) is 40.0 Å². The normalized spacial score (nSPS) is 30.9. The van der Waals surface area contributed by atoms with Gasteiger partial charge >= 0.3 is 6.09 Å². The fourth-order valence-corrected chi connectivity index (χ4v) is 1.74. The molecule has 1 amide bonds. The molecule has 0 aromatic rings. The van der Waals surface area contributed by atoms with Crippen LogP contribution in [0.5, 0.6) is 0 Å². The molecule has 0 aromatic carbocycles. The van der Waals surface area contributed by atoms with Crippen LogP contribution in [0, 0.1) is 0 Å². The number of carbonyl (C=O) groups is 1. The number of rotatable bonds is 1. The van der Waals surface area contributed by atoms with Gasteiger partial charge in [-0.2, -0.15) is 0 Å². The van der Waals surface area contributed by atoms with Crippen molar-refractivity contribution in [3.63, 3.8) is 0 Å². The molecule has 1 rings (SSSR count). The Morgan fingerprint density at radius 1 is 1.25 bits per heavy atom. The minimum atomic E-state index is -0.756. The maximum absolute atomic E-state index is 11.4. The summed E-state index contributed by atoms with van der Waals surface area (Å²) in [5, 5.41) is 21.5. The molecule has 1 fully saturated rings. The summed E-state index contributed by atoms with van der Waals surface area (Å²) in [4.78, 5) is 11.4. The third kappa shape index (κ3) is 4.37. The minimum absolute atomic E-state index is 0.117. The van der Waals surface area contributed by atoms with Crippen LogP contribution in [0.25, 0.3) is 0 Å². The predicted molar refractivity (Wildman–Crippen MR) is 59.0 cm³/mol. The number of carbonyl (C=O) groups excluding carboxylic acids is 1. The second-order valence-corrected chi connectivity index (χ2v) is 5.29. The first-order valence-electron chi connectivity index (χ1n) is 5.63. The van der Waals surface area contributed by atoms with Crippen LogP contribution < -0.4 is 5.32 Å². The van der Waals surface area contributed by atoms with Gasteiger partial charge in [-0.15, -0.1) is 0 Å². The average molecular weight is 231 g/mol. The van der Waals surface area contributed by atoms with E-state index in [1.807, 2.05) is 0 Å². The number of hydrogen-bond donors (Lipinski definition) is 3. The van der Waals surface area contributed by atoms with Crippen molar-refractivity contribution in [1.82, 2.24) is 5.32 Å². The number of aliphatic hydroxyl groups excluding tert-OH is 2. The first-order chi connectivity index (χ1) is 7.28. The van der Waals surface area contributed by atoms with Gasteiger partial charge in [0.15, 0.2) is 0 Å². The average Bonchev–Trinajstić information content (AvgIpc) is 2.08. The zero-order valence-corrected chi connectivity index (χ0v) is 10.1. The maximum Gasteiger partial charge on any atom is 0.407 e. The van der Waals surface area contributed by atoms with Crippen LogP contribution in [-0.4, -0.2) is 40.2 Å². The zero-order chi connectivity index (χ0) is 12.3. The van der Waals surface area contributed by atoms with E-state index in [4.69, 9.17) is 4.74 Å². The summed E-state index contributed by atoms with van der Waals surface area (Å²) < 4.78 is 5.11. The van der Waals surface area contributed by atoms with Crippen LogP contribution in [0.4, 0.5) is 4.79 Å². The van der Waals surface area contributed by atoms with E-state index in [9.17, 15) is 15.0 Å². The molecule has 0 aliphatic heterocycles. The molecule has 1 unspecified atom stereocenters. The van der Waals surface area contributed by atoms with Crippen LogP contribution in [0.3, 0.4) is 0 Å². The molecule has 1 saturated carbocycles. The Morgan fingerprint density at radius 2 is 1.88 bits per heavy atom. The van der Waals surface area contributed by atoms with Gasteiger partial charge in [0.05, 0.1) is 12.2 Å². The summed E-state index contributed by atoms with van der Waals surface area (Å²) in [6.07, 6.45) is -0.356. The van der Waals surface area contributed by atoms with E-state index in [1.165, 1.54) is 0 Å². The van der Waals surface area contributed by atoms with Crippen LogP contribution in [0.1, 0.15) is 40.0 Å². The van der Waals surface area contributed by atoms with Crippen molar-refractivity contribution in [2.45, 2.75) is 63.9 Å². The van der Waals surface area contributed by atoms with Gasteiger partial charge in [0, 0.05) is 6.04 Å². The molecule has 0 aromatic heterocycles. The topological polar surface area (TPSA) is 78.8 Å². The molecule has 3 N–H and O–H groups in total. The van der Waals surface area contributed by atoms with E-state index in [2.05, 4.69) is 5.32 Å². The van der Waals surface area contributed by atoms with Gasteiger partial charge in [0.1, 0.15) is 5.60 Å². The Bertz CT molecular complexity index is 249. The summed E-state index contributed by atoms with van der Waals surface area (Å²) >= 11 is 0. The van der Waals surface area contributed by atoms with Gasteiger partial charge in [-0.1, -0.05) is 0 Å². The largest absolute Gasteiger partial charge is 0.444 e. The molecule has 0 radical (unpaired) electrons. The second kappa shape index (κ2) is 5.01. The number of ether oxygens (including phenoxy) is 1. The molecule has 5 heteroatoms. The lowest BCUT2D eigenvalue weighted by molar-refractivity contribution is -0.0200. The predicted octanol–water partition coefficient (Wildman–Crippen LogP) is 0.785. The zero-order valence-electron chi connectivity index (χ0n) is 10.1. The first-order valence-corrected chi connectivity index (χ1v) is 5.63. The number of hydrogen-bond acceptors (Lipinski definition) is 4. The molecule has 1 aliphatic carbocycles. The molecule has 3 atom stereocenters. The fraction of sp³-hybridized carbons (Fsp3) is 0.909. The summed E-state index contributed by atoms with van der Waals surface area (Å²) in [6, 6.07) is -0.117. The lowest BCUT2D eigenvalue weighted by Crippen LogP contribution is -2.46. The van der Waals surface area contributed by atoms with E-state index in [0.717, 1.165) is 0 Å². The van der Waals surface area contributed by atoms with E-state index < -0.39 is 23.9 Å². The third-order valence-corrected chi connectivity index (χ3v) is 2.50. The molecule has 94 valence electrons. The van der Waals surface area contributed by atoms with Crippen molar-refractivity contribution in [2.75, 3.05) is 0 Å². The highest BCUT2D eigenvalue weighted by atomic mass is 16.6. The molecule has 16 heavy (non-hydrogen) atoms. The van der Waals surface area contributed by atoms with E-state index in [-0.39, 0.29) is 6.04 Å². The van der Waals surface area contributed by atoms with Crippen LogP contribution in [0.15, 0.2) is 0 Å².